The molecule has 0 bridgehead atoms. The van der Waals surface area contributed by atoms with E-state index in [9.17, 15) is 4.39 Å². The van der Waals surface area contributed by atoms with Crippen molar-refractivity contribution >= 4 is 11.6 Å². The van der Waals surface area contributed by atoms with E-state index in [-0.39, 0.29) is 11.2 Å². The van der Waals surface area contributed by atoms with Crippen LogP contribution >= 0.6 is 11.6 Å². The minimum Gasteiger partial charge on any atom is -0.312 e. The number of hydrogen-bond acceptors (Lipinski definition) is 2. The third-order valence-corrected chi connectivity index (χ3v) is 2.91. The number of halogens is 2. The van der Waals surface area contributed by atoms with E-state index in [2.05, 4.69) is 38.2 Å². The summed E-state index contributed by atoms with van der Waals surface area (Å²) in [6.45, 7) is 6.70. The van der Waals surface area contributed by atoms with Crippen LogP contribution in [-0.4, -0.2) is 32.1 Å². The van der Waals surface area contributed by atoms with Crippen molar-refractivity contribution in [2.45, 2.75) is 20.4 Å². The average Bonchev–Trinajstić information content (AvgIpc) is 2.21. The van der Waals surface area contributed by atoms with Gasteiger partial charge in [-0.05, 0) is 37.7 Å². The van der Waals surface area contributed by atoms with Gasteiger partial charge in [0.25, 0.3) is 0 Å². The Hall–Kier alpha value is -0.640. The Bertz CT molecular complexity index is 391. The normalized spacial score (nSPS) is 12.2. The minimum atomic E-state index is -0.211. The number of nitrogens with zero attached hydrogens (tertiary/aromatic N) is 1. The van der Waals surface area contributed by atoms with Crippen molar-refractivity contribution in [3.8, 4) is 0 Å². The Labute approximate surface area is 114 Å². The molecule has 0 amide bonds. The maximum Gasteiger partial charge on any atom is 0.127 e. The molecule has 0 aliphatic heterocycles. The van der Waals surface area contributed by atoms with Crippen LogP contribution in [0.5, 0.6) is 0 Å². The fourth-order valence-corrected chi connectivity index (χ4v) is 2.32. The maximum absolute atomic E-state index is 13.5. The van der Waals surface area contributed by atoms with Crippen molar-refractivity contribution in [2.75, 3.05) is 27.2 Å². The molecule has 18 heavy (non-hydrogen) atoms. The molecule has 0 aromatic heterocycles. The minimum absolute atomic E-state index is 0.151. The van der Waals surface area contributed by atoms with Crippen molar-refractivity contribution in [3.05, 3.63) is 34.6 Å². The van der Waals surface area contributed by atoms with E-state index in [1.165, 1.54) is 6.07 Å². The quantitative estimate of drug-likeness (QED) is 0.856. The lowest BCUT2D eigenvalue weighted by atomic mass is 9.93. The van der Waals surface area contributed by atoms with Crippen LogP contribution in [0.15, 0.2) is 18.2 Å². The average molecular weight is 273 g/mol. The van der Waals surface area contributed by atoms with Crippen molar-refractivity contribution in [3.63, 3.8) is 0 Å². The van der Waals surface area contributed by atoms with Crippen molar-refractivity contribution in [1.82, 2.24) is 10.2 Å². The maximum atomic E-state index is 13.5. The summed E-state index contributed by atoms with van der Waals surface area (Å²) in [5.74, 6) is -0.211. The molecule has 0 unspecified atom stereocenters. The van der Waals surface area contributed by atoms with Gasteiger partial charge in [0.05, 0.1) is 0 Å². The van der Waals surface area contributed by atoms with Gasteiger partial charge in [-0.3, -0.25) is 0 Å². The fourth-order valence-electron chi connectivity index (χ4n) is 2.13. The Morgan fingerprint density at radius 1 is 1.33 bits per heavy atom. The molecule has 1 N–H and O–H groups in total. The summed E-state index contributed by atoms with van der Waals surface area (Å²) in [6, 6.07) is 4.64. The van der Waals surface area contributed by atoms with Gasteiger partial charge < -0.3 is 10.2 Å². The van der Waals surface area contributed by atoms with Gasteiger partial charge in [0.15, 0.2) is 0 Å². The zero-order valence-corrected chi connectivity index (χ0v) is 12.3. The summed E-state index contributed by atoms with van der Waals surface area (Å²) in [4.78, 5) is 2.15. The lowest BCUT2D eigenvalue weighted by Crippen LogP contribution is -2.37. The topological polar surface area (TPSA) is 15.3 Å². The van der Waals surface area contributed by atoms with E-state index in [0.717, 1.165) is 13.1 Å². The van der Waals surface area contributed by atoms with Gasteiger partial charge in [-0.25, -0.2) is 4.39 Å². The molecule has 1 rings (SSSR count). The molecule has 102 valence electrons. The molecule has 0 radical (unpaired) electrons. The lowest BCUT2D eigenvalue weighted by Gasteiger charge is -2.28. The first-order chi connectivity index (χ1) is 8.30. The highest BCUT2D eigenvalue weighted by molar-refractivity contribution is 6.30. The summed E-state index contributed by atoms with van der Waals surface area (Å²) >= 11 is 5.85. The zero-order chi connectivity index (χ0) is 13.8. The van der Waals surface area contributed by atoms with Gasteiger partial charge in [0.2, 0.25) is 0 Å². The van der Waals surface area contributed by atoms with Crippen LogP contribution in [0, 0.1) is 11.2 Å². The second kappa shape index (κ2) is 6.50. The van der Waals surface area contributed by atoms with Crippen LogP contribution in [-0.2, 0) is 6.54 Å². The highest BCUT2D eigenvalue weighted by atomic mass is 35.5. The van der Waals surface area contributed by atoms with Gasteiger partial charge in [-0.1, -0.05) is 25.4 Å². The summed E-state index contributed by atoms with van der Waals surface area (Å²) < 4.78 is 13.5. The van der Waals surface area contributed by atoms with Gasteiger partial charge in [0, 0.05) is 30.2 Å². The highest BCUT2D eigenvalue weighted by Crippen LogP contribution is 2.17. The first kappa shape index (κ1) is 15.4. The van der Waals surface area contributed by atoms with Gasteiger partial charge >= 0.3 is 0 Å². The molecule has 1 aromatic carbocycles. The van der Waals surface area contributed by atoms with Crippen LogP contribution in [0.4, 0.5) is 4.39 Å². The number of hydrogen-bond donors (Lipinski definition) is 1. The summed E-state index contributed by atoms with van der Waals surface area (Å²) in [7, 11) is 4.11. The molecular formula is C14H22ClFN2. The second-order valence-electron chi connectivity index (χ2n) is 5.74. The SMILES string of the molecule is CN(C)CC(C)(C)CNCc1cc(Cl)ccc1F. The Balaban J connectivity index is 2.48. The smallest absolute Gasteiger partial charge is 0.127 e. The van der Waals surface area contributed by atoms with E-state index >= 15 is 0 Å². The summed E-state index contributed by atoms with van der Waals surface area (Å²) in [5.41, 5.74) is 0.765. The predicted octanol–water partition coefficient (Wildman–Crippen LogP) is 3.16. The first-order valence-corrected chi connectivity index (χ1v) is 6.47. The largest absolute Gasteiger partial charge is 0.312 e. The molecule has 1 aromatic rings. The molecule has 0 heterocycles. The molecule has 0 fully saturated rings. The molecule has 0 aliphatic rings. The predicted molar refractivity (Wildman–Crippen MR) is 75.5 cm³/mol. The van der Waals surface area contributed by atoms with Crippen molar-refractivity contribution < 1.29 is 4.39 Å². The molecule has 2 nitrogen and oxygen atoms in total. The van der Waals surface area contributed by atoms with Gasteiger partial charge in [-0.15, -0.1) is 0 Å². The summed E-state index contributed by atoms with van der Waals surface area (Å²) in [5, 5.41) is 3.86. The van der Waals surface area contributed by atoms with Crippen LogP contribution in [0.2, 0.25) is 5.02 Å². The highest BCUT2D eigenvalue weighted by Gasteiger charge is 2.18. The molecule has 0 atom stereocenters. The third kappa shape index (κ3) is 5.34. The Kier molecular flexibility index (Phi) is 5.57. The molecule has 0 saturated carbocycles. The second-order valence-corrected chi connectivity index (χ2v) is 6.18. The van der Waals surface area contributed by atoms with Crippen LogP contribution in [0.25, 0.3) is 0 Å². The van der Waals surface area contributed by atoms with Crippen molar-refractivity contribution in [1.29, 1.82) is 0 Å². The van der Waals surface area contributed by atoms with Gasteiger partial charge in [0.1, 0.15) is 5.82 Å². The molecule has 4 heteroatoms. The molecule has 0 spiro atoms. The Morgan fingerprint density at radius 3 is 2.61 bits per heavy atom. The standard InChI is InChI=1S/C14H22ClFN2/c1-14(2,10-18(3)4)9-17-8-11-7-12(15)5-6-13(11)16/h5-7,17H,8-10H2,1-4H3. The molecule has 0 saturated heterocycles. The first-order valence-electron chi connectivity index (χ1n) is 6.09. The fraction of sp³-hybridized carbons (Fsp3) is 0.571. The molecular weight excluding hydrogens is 251 g/mol. The molecule has 0 aliphatic carbocycles. The van der Waals surface area contributed by atoms with E-state index < -0.39 is 0 Å². The van der Waals surface area contributed by atoms with E-state index in [1.54, 1.807) is 12.1 Å². The van der Waals surface area contributed by atoms with E-state index in [4.69, 9.17) is 11.6 Å². The Morgan fingerprint density at radius 2 is 2.00 bits per heavy atom. The van der Waals surface area contributed by atoms with Crippen LogP contribution in [0.3, 0.4) is 0 Å². The third-order valence-electron chi connectivity index (χ3n) is 2.67. The lowest BCUT2D eigenvalue weighted by molar-refractivity contribution is 0.232. The van der Waals surface area contributed by atoms with Gasteiger partial charge in [-0.2, -0.15) is 0 Å². The number of nitrogens with one attached hydrogen (secondary N) is 1. The number of benzene rings is 1. The van der Waals surface area contributed by atoms with Crippen LogP contribution in [0.1, 0.15) is 19.4 Å². The van der Waals surface area contributed by atoms with E-state index in [1.807, 2.05) is 0 Å². The summed E-state index contributed by atoms with van der Waals surface area (Å²) in [6.07, 6.45) is 0. The monoisotopic (exact) mass is 272 g/mol. The van der Waals surface area contributed by atoms with Crippen LogP contribution < -0.4 is 5.32 Å². The number of rotatable bonds is 6. The zero-order valence-electron chi connectivity index (χ0n) is 11.6. The van der Waals surface area contributed by atoms with Crippen molar-refractivity contribution in [2.24, 2.45) is 5.41 Å². The van der Waals surface area contributed by atoms with E-state index in [0.29, 0.717) is 17.1 Å².